The van der Waals surface area contributed by atoms with E-state index in [0.29, 0.717) is 23.7 Å². The Balaban J connectivity index is 0.000000328. The average molecular weight is 693 g/mol. The Morgan fingerprint density at radius 2 is 1.22 bits per heavy atom. The highest BCUT2D eigenvalue weighted by Crippen LogP contribution is 2.23. The molecule has 0 aliphatic carbocycles. The number of nitrogens with one attached hydrogen (secondary N) is 2. The van der Waals surface area contributed by atoms with Crippen LogP contribution >= 0.6 is 0 Å². The molecule has 0 aliphatic heterocycles. The van der Waals surface area contributed by atoms with Crippen LogP contribution in [0.15, 0.2) is 79.4 Å². The summed E-state index contributed by atoms with van der Waals surface area (Å²) in [7, 11) is 1.15. The minimum atomic E-state index is -2.22. The molecule has 0 bridgehead atoms. The summed E-state index contributed by atoms with van der Waals surface area (Å²) in [5.74, 6) is 5.81. The number of anilines is 2. The zero-order chi connectivity index (χ0) is 37.0. The molecule has 0 saturated carbocycles. The molecule has 2 N–H and O–H groups in total. The van der Waals surface area contributed by atoms with E-state index < -0.39 is 9.71 Å². The molecule has 0 aromatic carbocycles. The van der Waals surface area contributed by atoms with Gasteiger partial charge in [0.15, 0.2) is 0 Å². The van der Waals surface area contributed by atoms with Crippen LogP contribution in [0, 0.1) is 0 Å². The van der Waals surface area contributed by atoms with Crippen molar-refractivity contribution in [3.63, 3.8) is 0 Å². The van der Waals surface area contributed by atoms with Crippen molar-refractivity contribution in [2.24, 2.45) is 0 Å². The molecule has 49 heavy (non-hydrogen) atoms. The molecule has 268 valence electrons. The van der Waals surface area contributed by atoms with Crippen LogP contribution in [0.25, 0.3) is 0 Å². The maximum Gasteiger partial charge on any atom is 0.221 e. The second-order valence-electron chi connectivity index (χ2n) is 12.3. The minimum absolute atomic E-state index is 0.0603. The summed E-state index contributed by atoms with van der Waals surface area (Å²) in [6.45, 7) is 16.7. The van der Waals surface area contributed by atoms with Crippen LogP contribution in [0.1, 0.15) is 102 Å². The summed E-state index contributed by atoms with van der Waals surface area (Å²) in [6.07, 6.45) is 8.64. The highest BCUT2D eigenvalue weighted by Gasteiger charge is 2.09. The fraction of sp³-hybridized carbons (Fsp3) is 0.421. The van der Waals surface area contributed by atoms with E-state index in [4.69, 9.17) is 9.47 Å². The van der Waals surface area contributed by atoms with Crippen molar-refractivity contribution >= 4 is 32.9 Å². The van der Waals surface area contributed by atoms with Gasteiger partial charge in [0.2, 0.25) is 5.91 Å². The van der Waals surface area contributed by atoms with Crippen LogP contribution in [0.3, 0.4) is 0 Å². The maximum atomic E-state index is 11.5. The number of nitrogens with zero attached hydrogens (tertiary/aromatic N) is 4. The Morgan fingerprint density at radius 1 is 0.735 bits per heavy atom. The highest BCUT2D eigenvalue weighted by molar-refractivity contribution is 8.00. The van der Waals surface area contributed by atoms with Crippen LogP contribution < -0.4 is 14.8 Å². The Bertz CT molecular complexity index is 1630. The van der Waals surface area contributed by atoms with Gasteiger partial charge in [-0.05, 0) is 72.2 Å². The number of hydrogen-bond acceptors (Lipinski definition) is 8. The third-order valence-electron chi connectivity index (χ3n) is 6.58. The summed E-state index contributed by atoms with van der Waals surface area (Å²) in [6, 6.07) is 17.1. The molecular weight excluding hydrogens is 637 g/mol. The van der Waals surface area contributed by atoms with Gasteiger partial charge < -0.3 is 19.5 Å². The second-order valence-corrected chi connectivity index (χ2v) is 14.5. The van der Waals surface area contributed by atoms with Crippen LogP contribution in [0.2, 0.25) is 0 Å². The van der Waals surface area contributed by atoms with Crippen molar-refractivity contribution in [2.75, 3.05) is 37.1 Å². The molecule has 11 heteroatoms. The smallest absolute Gasteiger partial charge is 0.221 e. The molecule has 4 heterocycles. The first-order valence-electron chi connectivity index (χ1n) is 16.3. The summed E-state index contributed by atoms with van der Waals surface area (Å²) in [5.41, 5.74) is 5.59. The molecule has 10 nitrogen and oxygen atoms in total. The van der Waals surface area contributed by atoms with Gasteiger partial charge in [-0.25, -0.2) is 4.21 Å². The second kappa shape index (κ2) is 22.3. The number of hydrogen-bond donors (Lipinski definition) is 2. The summed E-state index contributed by atoms with van der Waals surface area (Å²) in [5, 5.41) is 2.75. The van der Waals surface area contributed by atoms with E-state index in [2.05, 4.69) is 56.6 Å². The number of aromatic nitrogens is 4. The molecular formula is C38H56N6O4S. The first-order valence-corrected chi connectivity index (χ1v) is 18.4. The Morgan fingerprint density at radius 3 is 1.65 bits per heavy atom. The zero-order valence-corrected chi connectivity index (χ0v) is 31.9. The third-order valence-corrected chi connectivity index (χ3v) is 7.23. The van der Waals surface area contributed by atoms with E-state index in [1.165, 1.54) is 6.92 Å². The van der Waals surface area contributed by atoms with Crippen LogP contribution in [0.5, 0.6) is 5.75 Å². The van der Waals surface area contributed by atoms with Crippen molar-refractivity contribution in [3.8, 4) is 5.75 Å². The molecule has 1 unspecified atom stereocenters. The molecule has 4 rings (SSSR count). The number of methoxy groups -OCH3 is 2. The molecule has 0 spiro atoms. The molecule has 4 aromatic rings. The molecule has 0 radical (unpaired) electrons. The maximum absolute atomic E-state index is 11.5. The van der Waals surface area contributed by atoms with E-state index in [-0.39, 0.29) is 5.91 Å². The van der Waals surface area contributed by atoms with Crippen molar-refractivity contribution in [2.45, 2.75) is 79.1 Å². The van der Waals surface area contributed by atoms with Gasteiger partial charge in [-0.15, -0.1) is 0 Å². The van der Waals surface area contributed by atoms with Crippen LogP contribution in [0.4, 0.5) is 11.4 Å². The van der Waals surface area contributed by atoms with Gasteiger partial charge in [0.1, 0.15) is 5.75 Å². The Kier molecular flexibility index (Phi) is 19.4. The molecule has 1 amide bonds. The Labute approximate surface area is 294 Å². The van der Waals surface area contributed by atoms with Gasteiger partial charge in [-0.3, -0.25) is 24.7 Å². The monoisotopic (exact) mass is 692 g/mol. The first kappa shape index (κ1) is 42.7. The SMILES string of the molecule is C=S(C)(=O)Nc1cccnc1C(C)C.CC(=O)Nc1cccnc1C(C)C.COC[C@@H](C)c1ccccn1.COc1cccnc1C(C)C. The lowest BCUT2D eigenvalue weighted by atomic mass is 10.1. The largest absolute Gasteiger partial charge is 0.495 e. The molecule has 0 saturated heterocycles. The van der Waals surface area contributed by atoms with Gasteiger partial charge in [-0.1, -0.05) is 54.5 Å². The lowest BCUT2D eigenvalue weighted by molar-refractivity contribution is -0.114. The first-order chi connectivity index (χ1) is 23.1. The van der Waals surface area contributed by atoms with E-state index in [1.807, 2.05) is 88.5 Å². The highest BCUT2D eigenvalue weighted by atomic mass is 32.2. The van der Waals surface area contributed by atoms with E-state index in [1.54, 1.807) is 39.1 Å². The fourth-order valence-electron chi connectivity index (χ4n) is 4.38. The van der Waals surface area contributed by atoms with E-state index >= 15 is 0 Å². The van der Waals surface area contributed by atoms with Crippen molar-refractivity contribution in [3.05, 3.63) is 102 Å². The van der Waals surface area contributed by atoms with Gasteiger partial charge in [0, 0.05) is 66.4 Å². The standard InChI is InChI=1S/C10H16N2OS.C10H14N2O.2C9H13NO/c1-8(2)10-9(6-5-7-11-10)12-14(3,4)13;1-7(2)10-9(12-8(3)13)5-4-6-11-10;1-7(2)9-8(11-3)5-4-6-10-9;1-8(7-11-2)9-5-3-4-6-10-9/h5-8H,3H2,1-2,4H3,(H,12,13);4-7H,1-3H3,(H,12,13);4-7H,1-3H3;3-6,8H,7H2,1-2H3/t;;;8-/m...1/s1. The normalized spacial score (nSPS) is 12.2. The fourth-order valence-corrected chi connectivity index (χ4v) is 5.02. The lowest BCUT2D eigenvalue weighted by Gasteiger charge is -2.13. The predicted molar refractivity (Wildman–Crippen MR) is 205 cm³/mol. The number of pyridine rings is 4. The topological polar surface area (TPSA) is 128 Å². The molecule has 2 atom stereocenters. The molecule has 4 aromatic heterocycles. The molecule has 0 fully saturated rings. The van der Waals surface area contributed by atoms with Crippen molar-refractivity contribution < 1.29 is 18.5 Å². The van der Waals surface area contributed by atoms with Crippen molar-refractivity contribution in [1.29, 1.82) is 0 Å². The number of rotatable bonds is 10. The van der Waals surface area contributed by atoms with E-state index in [0.717, 1.165) is 46.5 Å². The Hall–Kier alpha value is -4.35. The van der Waals surface area contributed by atoms with E-state index in [9.17, 15) is 9.00 Å². The summed E-state index contributed by atoms with van der Waals surface area (Å²) < 4.78 is 24.5. The zero-order valence-electron chi connectivity index (χ0n) is 31.1. The summed E-state index contributed by atoms with van der Waals surface area (Å²) in [4.78, 5) is 27.8. The number of ether oxygens (including phenoxy) is 2. The predicted octanol–water partition coefficient (Wildman–Crippen LogP) is 8.09. The summed E-state index contributed by atoms with van der Waals surface area (Å²) >= 11 is 0. The number of carbonyl (C=O) groups is 1. The minimum Gasteiger partial charge on any atom is -0.495 e. The van der Waals surface area contributed by atoms with Gasteiger partial charge in [0.05, 0.1) is 42.2 Å². The lowest BCUT2D eigenvalue weighted by Crippen LogP contribution is -2.12. The number of amides is 1. The van der Waals surface area contributed by atoms with Crippen LogP contribution in [-0.2, 0) is 19.2 Å². The number of carbonyl (C=O) groups excluding carboxylic acids is 1. The van der Waals surface area contributed by atoms with Gasteiger partial charge >= 0.3 is 0 Å². The third kappa shape index (κ3) is 17.0. The van der Waals surface area contributed by atoms with Gasteiger partial charge in [0.25, 0.3) is 0 Å². The average Bonchev–Trinajstić information content (AvgIpc) is 3.05. The molecule has 0 aliphatic rings. The quantitative estimate of drug-likeness (QED) is 0.160. The van der Waals surface area contributed by atoms with Gasteiger partial charge in [-0.2, -0.15) is 0 Å². The van der Waals surface area contributed by atoms with Crippen LogP contribution in [-0.4, -0.2) is 63.0 Å². The van der Waals surface area contributed by atoms with Crippen molar-refractivity contribution in [1.82, 2.24) is 19.9 Å².